The molecule has 0 N–H and O–H groups in total. The molecule has 0 amide bonds. The van der Waals surface area contributed by atoms with Gasteiger partial charge in [-0.15, -0.1) is 0 Å². The Labute approximate surface area is 200 Å². The molecule has 0 spiro atoms. The number of sulfonamides is 1. The largest absolute Gasteiger partial charge is 0.463 e. The maximum Gasteiger partial charge on any atom is 0.309 e. The molecule has 1 aliphatic rings. The summed E-state index contributed by atoms with van der Waals surface area (Å²) in [5, 5.41) is 0. The van der Waals surface area contributed by atoms with Gasteiger partial charge in [-0.25, -0.2) is 8.42 Å². The normalized spacial score (nSPS) is 18.1. The van der Waals surface area contributed by atoms with Crippen molar-refractivity contribution in [3.8, 4) is 0 Å². The summed E-state index contributed by atoms with van der Waals surface area (Å²) in [7, 11) is -3.82. The van der Waals surface area contributed by atoms with Crippen molar-refractivity contribution in [1.82, 2.24) is 4.31 Å². The van der Waals surface area contributed by atoms with E-state index in [0.717, 1.165) is 11.1 Å². The molecule has 6 nitrogen and oxygen atoms in total. The van der Waals surface area contributed by atoms with E-state index < -0.39 is 28.0 Å². The lowest BCUT2D eigenvalue weighted by molar-refractivity contribution is -0.154. The molecule has 33 heavy (non-hydrogen) atoms. The molecule has 0 unspecified atom stereocenters. The molecular formula is C25H31NO5S2. The highest BCUT2D eigenvalue weighted by Crippen LogP contribution is 2.28. The number of rotatable bonds is 9. The zero-order valence-electron chi connectivity index (χ0n) is 19.3. The van der Waals surface area contributed by atoms with Crippen molar-refractivity contribution in [2.24, 2.45) is 5.92 Å². The molecule has 0 radical (unpaired) electrons. The van der Waals surface area contributed by atoms with Gasteiger partial charge in [-0.3, -0.25) is 9.59 Å². The lowest BCUT2D eigenvalue weighted by Gasteiger charge is -2.34. The summed E-state index contributed by atoms with van der Waals surface area (Å²) in [6, 6.07) is 15.3. The number of esters is 1. The molecule has 178 valence electrons. The summed E-state index contributed by atoms with van der Waals surface area (Å²) < 4.78 is 33.4. The van der Waals surface area contributed by atoms with Gasteiger partial charge in [0.1, 0.15) is 0 Å². The predicted molar refractivity (Wildman–Crippen MR) is 131 cm³/mol. The summed E-state index contributed by atoms with van der Waals surface area (Å²) in [6.07, 6.45) is 0.00317. The van der Waals surface area contributed by atoms with E-state index in [1.807, 2.05) is 37.3 Å². The Morgan fingerprint density at radius 1 is 1.09 bits per heavy atom. The molecule has 2 aromatic carbocycles. The second-order valence-electron chi connectivity index (χ2n) is 8.56. The average Bonchev–Trinajstić information content (AvgIpc) is 2.79. The van der Waals surface area contributed by atoms with E-state index in [2.05, 4.69) is 0 Å². The van der Waals surface area contributed by atoms with Crippen molar-refractivity contribution in [2.75, 3.05) is 18.1 Å². The second-order valence-corrected chi connectivity index (χ2v) is 11.6. The standard InChI is InChI=1S/C25H31NO5S2/c1-18(2)31-25(28)21(15-20-7-5-4-6-8-20)16-24(27)23-17-32-14-13-26(23)33(29,30)22-11-9-19(3)10-12-22/h4-12,18,21,23H,13-17H2,1-3H3/t21-,23+/m1/s1. The Morgan fingerprint density at radius 3 is 2.39 bits per heavy atom. The zero-order chi connectivity index (χ0) is 24.0. The van der Waals surface area contributed by atoms with Crippen LogP contribution in [0.2, 0.25) is 0 Å². The van der Waals surface area contributed by atoms with Crippen LogP contribution in [0.15, 0.2) is 59.5 Å². The number of ketones is 1. The Bertz CT molecular complexity index is 1050. The fourth-order valence-corrected chi connectivity index (χ4v) is 6.72. The van der Waals surface area contributed by atoms with Crippen LogP contribution in [-0.2, 0) is 30.8 Å². The molecular weight excluding hydrogens is 458 g/mol. The molecule has 3 rings (SSSR count). The number of benzene rings is 2. The molecule has 0 bridgehead atoms. The van der Waals surface area contributed by atoms with Crippen molar-refractivity contribution in [2.45, 2.75) is 50.7 Å². The van der Waals surface area contributed by atoms with Crippen LogP contribution in [0.3, 0.4) is 0 Å². The molecule has 2 aromatic rings. The summed E-state index contributed by atoms with van der Waals surface area (Å²) in [6.45, 7) is 5.69. The third-order valence-electron chi connectivity index (χ3n) is 5.54. The van der Waals surface area contributed by atoms with E-state index >= 15 is 0 Å². The van der Waals surface area contributed by atoms with Gasteiger partial charge < -0.3 is 4.74 Å². The summed E-state index contributed by atoms with van der Waals surface area (Å²) in [5.41, 5.74) is 1.89. The number of carbonyl (C=O) groups is 2. The van der Waals surface area contributed by atoms with Gasteiger partial charge in [-0.05, 0) is 44.9 Å². The van der Waals surface area contributed by atoms with Crippen LogP contribution < -0.4 is 0 Å². The quantitative estimate of drug-likeness (QED) is 0.498. The number of hydrogen-bond acceptors (Lipinski definition) is 6. The molecule has 1 saturated heterocycles. The summed E-state index contributed by atoms with van der Waals surface area (Å²) >= 11 is 1.56. The highest BCUT2D eigenvalue weighted by Gasteiger charge is 2.39. The zero-order valence-corrected chi connectivity index (χ0v) is 20.9. The number of carbonyl (C=O) groups excluding carboxylic acids is 2. The lowest BCUT2D eigenvalue weighted by atomic mass is 9.92. The first-order valence-corrected chi connectivity index (χ1v) is 13.7. The van der Waals surface area contributed by atoms with E-state index in [1.165, 1.54) is 4.31 Å². The third-order valence-corrected chi connectivity index (χ3v) is 8.48. The Morgan fingerprint density at radius 2 is 1.76 bits per heavy atom. The third kappa shape index (κ3) is 6.68. The average molecular weight is 490 g/mol. The van der Waals surface area contributed by atoms with E-state index in [1.54, 1.807) is 49.9 Å². The maximum absolute atomic E-state index is 13.4. The fourth-order valence-electron chi connectivity index (χ4n) is 3.82. The molecule has 0 saturated carbocycles. The van der Waals surface area contributed by atoms with Crippen LogP contribution in [0.25, 0.3) is 0 Å². The topological polar surface area (TPSA) is 80.8 Å². The Balaban J connectivity index is 1.82. The van der Waals surface area contributed by atoms with E-state index in [4.69, 9.17) is 4.74 Å². The van der Waals surface area contributed by atoms with Crippen molar-refractivity contribution in [1.29, 1.82) is 0 Å². The monoisotopic (exact) mass is 489 g/mol. The van der Waals surface area contributed by atoms with Gasteiger partial charge in [0.05, 0.1) is 23.0 Å². The fraction of sp³-hybridized carbons (Fsp3) is 0.440. The number of thioether (sulfide) groups is 1. The number of aryl methyl sites for hydroxylation is 1. The molecule has 0 aliphatic carbocycles. The van der Waals surface area contributed by atoms with Gasteiger partial charge >= 0.3 is 5.97 Å². The van der Waals surface area contributed by atoms with E-state index in [-0.39, 0.29) is 29.7 Å². The van der Waals surface area contributed by atoms with Gasteiger partial charge in [-0.2, -0.15) is 16.1 Å². The molecule has 1 heterocycles. The molecule has 2 atom stereocenters. The maximum atomic E-state index is 13.4. The minimum Gasteiger partial charge on any atom is -0.463 e. The smallest absolute Gasteiger partial charge is 0.309 e. The van der Waals surface area contributed by atoms with Gasteiger partial charge in [0.2, 0.25) is 10.0 Å². The Kier molecular flexibility index (Phi) is 8.73. The van der Waals surface area contributed by atoms with Gasteiger partial charge in [0.15, 0.2) is 5.78 Å². The minimum atomic E-state index is -3.82. The number of Topliss-reactive ketones (excluding diaryl/α,β-unsaturated/α-hetero) is 1. The van der Waals surface area contributed by atoms with Crippen LogP contribution in [-0.4, -0.2) is 54.7 Å². The number of ether oxygens (including phenoxy) is 1. The number of nitrogens with zero attached hydrogens (tertiary/aromatic N) is 1. The summed E-state index contributed by atoms with van der Waals surface area (Å²) in [4.78, 5) is 26.4. The van der Waals surface area contributed by atoms with Gasteiger partial charge in [-0.1, -0.05) is 48.0 Å². The molecule has 0 aromatic heterocycles. The van der Waals surface area contributed by atoms with Crippen molar-refractivity contribution >= 4 is 33.5 Å². The van der Waals surface area contributed by atoms with Crippen LogP contribution in [0, 0.1) is 12.8 Å². The van der Waals surface area contributed by atoms with Crippen LogP contribution in [0.1, 0.15) is 31.4 Å². The minimum absolute atomic E-state index is 0.0639. The highest BCUT2D eigenvalue weighted by atomic mass is 32.2. The van der Waals surface area contributed by atoms with Crippen LogP contribution in [0.5, 0.6) is 0 Å². The summed E-state index contributed by atoms with van der Waals surface area (Å²) in [5.74, 6) is -0.352. The molecule has 1 aliphatic heterocycles. The predicted octanol–water partition coefficient (Wildman–Crippen LogP) is 3.87. The van der Waals surface area contributed by atoms with Gasteiger partial charge in [0.25, 0.3) is 0 Å². The van der Waals surface area contributed by atoms with E-state index in [9.17, 15) is 18.0 Å². The number of hydrogen-bond donors (Lipinski definition) is 0. The first kappa shape index (κ1) is 25.5. The highest BCUT2D eigenvalue weighted by molar-refractivity contribution is 7.99. The Hall–Kier alpha value is -2.16. The first-order chi connectivity index (χ1) is 15.7. The van der Waals surface area contributed by atoms with E-state index in [0.29, 0.717) is 17.9 Å². The second kappa shape index (κ2) is 11.3. The van der Waals surface area contributed by atoms with Crippen molar-refractivity contribution in [3.63, 3.8) is 0 Å². The molecule has 8 heteroatoms. The van der Waals surface area contributed by atoms with Crippen LogP contribution >= 0.6 is 11.8 Å². The van der Waals surface area contributed by atoms with Crippen molar-refractivity contribution < 1.29 is 22.7 Å². The SMILES string of the molecule is Cc1ccc(S(=O)(=O)N2CCSC[C@H]2C(=O)C[C@@H](Cc2ccccc2)C(=O)OC(C)C)cc1. The molecule has 1 fully saturated rings. The van der Waals surface area contributed by atoms with Gasteiger partial charge in [0, 0.05) is 24.5 Å². The van der Waals surface area contributed by atoms with Crippen LogP contribution in [0.4, 0.5) is 0 Å². The lowest BCUT2D eigenvalue weighted by Crippen LogP contribution is -2.50. The van der Waals surface area contributed by atoms with Crippen molar-refractivity contribution in [3.05, 3.63) is 65.7 Å². The first-order valence-electron chi connectivity index (χ1n) is 11.1.